The summed E-state index contributed by atoms with van der Waals surface area (Å²) >= 11 is 0. The Balaban J connectivity index is 2.70. The van der Waals surface area contributed by atoms with E-state index in [0.29, 0.717) is 12.4 Å². The second kappa shape index (κ2) is 4.20. The number of methoxy groups -OCH3 is 1. The summed E-state index contributed by atoms with van der Waals surface area (Å²) < 4.78 is 4.86. The number of ether oxygens (including phenoxy) is 1. The van der Waals surface area contributed by atoms with Crippen molar-refractivity contribution in [3.05, 3.63) is 34.3 Å². The molecule has 0 aromatic carbocycles. The molecule has 1 heterocycles. The number of rotatable bonds is 3. The zero-order valence-electron chi connectivity index (χ0n) is 6.64. The predicted octanol–water partition coefficient (Wildman–Crippen LogP) is 1.90. The van der Waals surface area contributed by atoms with Crippen LogP contribution in [-0.2, 0) is 6.54 Å². The van der Waals surface area contributed by atoms with Crippen molar-refractivity contribution in [3.63, 3.8) is 0 Å². The van der Waals surface area contributed by atoms with E-state index in [9.17, 15) is 0 Å². The number of pyridine rings is 1. The van der Waals surface area contributed by atoms with Gasteiger partial charge in [0.15, 0.2) is 0 Å². The highest BCUT2D eigenvalue weighted by atomic mass is 16.5. The molecule has 0 radical (unpaired) electrons. The third-order valence-electron chi connectivity index (χ3n) is 1.32. The van der Waals surface area contributed by atoms with E-state index in [-0.39, 0.29) is 0 Å². The molecule has 0 N–H and O–H groups in total. The smallest absolute Gasteiger partial charge is 0.212 e. The minimum Gasteiger partial charge on any atom is -0.481 e. The van der Waals surface area contributed by atoms with Crippen LogP contribution >= 0.6 is 0 Å². The fourth-order valence-corrected chi connectivity index (χ4v) is 0.738. The summed E-state index contributed by atoms with van der Waals surface area (Å²) in [6.45, 7) is 0.327. The molecule has 0 saturated carbocycles. The van der Waals surface area contributed by atoms with Gasteiger partial charge >= 0.3 is 0 Å². The van der Waals surface area contributed by atoms with Crippen molar-refractivity contribution in [1.29, 1.82) is 0 Å². The highest BCUT2D eigenvalue weighted by molar-refractivity contribution is 5.17. The molecule has 0 amide bonds. The molecule has 12 heavy (non-hydrogen) atoms. The van der Waals surface area contributed by atoms with Gasteiger partial charge in [0.05, 0.1) is 13.7 Å². The van der Waals surface area contributed by atoms with Gasteiger partial charge in [0.2, 0.25) is 5.88 Å². The molecule has 0 spiro atoms. The van der Waals surface area contributed by atoms with E-state index in [1.165, 1.54) is 0 Å². The molecular formula is C7H8N4O. The summed E-state index contributed by atoms with van der Waals surface area (Å²) in [4.78, 5) is 6.58. The molecule has 0 unspecified atom stereocenters. The molecule has 5 nitrogen and oxygen atoms in total. The molecule has 62 valence electrons. The maximum absolute atomic E-state index is 8.04. The molecule has 0 fully saturated rings. The van der Waals surface area contributed by atoms with Crippen LogP contribution in [0.3, 0.4) is 0 Å². The van der Waals surface area contributed by atoms with Gasteiger partial charge in [0, 0.05) is 17.2 Å². The van der Waals surface area contributed by atoms with Crippen molar-refractivity contribution in [2.24, 2.45) is 5.11 Å². The molecule has 5 heteroatoms. The Morgan fingerprint density at radius 2 is 2.50 bits per heavy atom. The van der Waals surface area contributed by atoms with Gasteiger partial charge in [0.25, 0.3) is 0 Å². The largest absolute Gasteiger partial charge is 0.481 e. The lowest BCUT2D eigenvalue weighted by atomic mass is 10.3. The monoisotopic (exact) mass is 164 g/mol. The van der Waals surface area contributed by atoms with E-state index in [0.717, 1.165) is 5.56 Å². The number of hydrogen-bond donors (Lipinski definition) is 0. The summed E-state index contributed by atoms with van der Waals surface area (Å²) in [5.41, 5.74) is 8.91. The molecule has 1 aromatic heterocycles. The first-order chi connectivity index (χ1) is 5.86. The van der Waals surface area contributed by atoms with Gasteiger partial charge < -0.3 is 4.74 Å². The standard InChI is InChI=1S/C7H8N4O/c1-12-7-3-2-6(4-9-7)5-10-11-8/h2-4H,5H2,1H3. The average molecular weight is 164 g/mol. The third kappa shape index (κ3) is 2.14. The van der Waals surface area contributed by atoms with Gasteiger partial charge in [0.1, 0.15) is 0 Å². The maximum Gasteiger partial charge on any atom is 0.212 e. The quantitative estimate of drug-likeness (QED) is 0.389. The molecule has 0 saturated heterocycles. The number of hydrogen-bond acceptors (Lipinski definition) is 3. The van der Waals surface area contributed by atoms with Crippen LogP contribution in [0, 0.1) is 0 Å². The first kappa shape index (κ1) is 8.36. The second-order valence-electron chi connectivity index (χ2n) is 2.10. The fraction of sp³-hybridized carbons (Fsp3) is 0.286. The Morgan fingerprint density at radius 1 is 1.67 bits per heavy atom. The maximum atomic E-state index is 8.04. The van der Waals surface area contributed by atoms with E-state index >= 15 is 0 Å². The van der Waals surface area contributed by atoms with Crippen molar-refractivity contribution < 1.29 is 4.74 Å². The van der Waals surface area contributed by atoms with Crippen LogP contribution in [0.4, 0.5) is 0 Å². The molecule has 0 bridgehead atoms. The average Bonchev–Trinajstić information content (AvgIpc) is 2.15. The van der Waals surface area contributed by atoms with Crippen LogP contribution in [0.5, 0.6) is 5.88 Å². The Hall–Kier alpha value is -1.74. The summed E-state index contributed by atoms with van der Waals surface area (Å²) in [5, 5.41) is 3.40. The van der Waals surface area contributed by atoms with E-state index in [2.05, 4.69) is 15.0 Å². The van der Waals surface area contributed by atoms with Crippen molar-refractivity contribution in [3.8, 4) is 5.88 Å². The Bertz CT molecular complexity index is 289. The van der Waals surface area contributed by atoms with Crippen LogP contribution in [-0.4, -0.2) is 12.1 Å². The topological polar surface area (TPSA) is 70.9 Å². The zero-order chi connectivity index (χ0) is 8.81. The summed E-state index contributed by atoms with van der Waals surface area (Å²) in [6.07, 6.45) is 1.62. The highest BCUT2D eigenvalue weighted by Crippen LogP contribution is 2.07. The highest BCUT2D eigenvalue weighted by Gasteiger charge is 1.92. The van der Waals surface area contributed by atoms with Crippen LogP contribution in [0.15, 0.2) is 23.4 Å². The van der Waals surface area contributed by atoms with Gasteiger partial charge in [-0.25, -0.2) is 4.98 Å². The first-order valence-electron chi connectivity index (χ1n) is 3.36. The molecule has 0 atom stereocenters. The lowest BCUT2D eigenvalue weighted by Crippen LogP contribution is -1.88. The molecule has 1 rings (SSSR count). The SMILES string of the molecule is COc1ccc(CN=[N+]=[N-])cn1. The Labute approximate surface area is 69.6 Å². The van der Waals surface area contributed by atoms with Crippen molar-refractivity contribution >= 4 is 0 Å². The Kier molecular flexibility index (Phi) is 2.93. The molecule has 0 aliphatic carbocycles. The lowest BCUT2D eigenvalue weighted by Gasteiger charge is -1.98. The minimum absolute atomic E-state index is 0.327. The van der Waals surface area contributed by atoms with Crippen LogP contribution in [0.1, 0.15) is 5.56 Å². The van der Waals surface area contributed by atoms with Crippen molar-refractivity contribution in [2.75, 3.05) is 7.11 Å². The Morgan fingerprint density at radius 3 is 3.00 bits per heavy atom. The molecule has 0 aliphatic rings. The summed E-state index contributed by atoms with van der Waals surface area (Å²) in [7, 11) is 1.55. The number of azide groups is 1. The fourth-order valence-electron chi connectivity index (χ4n) is 0.738. The van der Waals surface area contributed by atoms with E-state index in [1.807, 2.05) is 0 Å². The molecular weight excluding hydrogens is 156 g/mol. The van der Waals surface area contributed by atoms with E-state index < -0.39 is 0 Å². The van der Waals surface area contributed by atoms with E-state index in [4.69, 9.17) is 10.3 Å². The van der Waals surface area contributed by atoms with Gasteiger partial charge in [-0.1, -0.05) is 11.2 Å². The number of nitrogens with zero attached hydrogens (tertiary/aromatic N) is 4. The van der Waals surface area contributed by atoms with Crippen molar-refractivity contribution in [2.45, 2.75) is 6.54 Å². The lowest BCUT2D eigenvalue weighted by molar-refractivity contribution is 0.397. The zero-order valence-corrected chi connectivity index (χ0v) is 6.64. The van der Waals surface area contributed by atoms with Gasteiger partial charge in [-0.3, -0.25) is 0 Å². The second-order valence-corrected chi connectivity index (χ2v) is 2.10. The van der Waals surface area contributed by atoms with Crippen LogP contribution in [0.25, 0.3) is 10.4 Å². The van der Waals surface area contributed by atoms with Crippen LogP contribution < -0.4 is 4.74 Å². The van der Waals surface area contributed by atoms with Crippen molar-refractivity contribution in [1.82, 2.24) is 4.98 Å². The normalized spacial score (nSPS) is 8.75. The molecule has 0 aliphatic heterocycles. The van der Waals surface area contributed by atoms with Gasteiger partial charge in [-0.05, 0) is 11.1 Å². The minimum atomic E-state index is 0.327. The van der Waals surface area contributed by atoms with Gasteiger partial charge in [-0.15, -0.1) is 0 Å². The first-order valence-corrected chi connectivity index (χ1v) is 3.36. The third-order valence-corrected chi connectivity index (χ3v) is 1.32. The predicted molar refractivity (Wildman–Crippen MR) is 43.6 cm³/mol. The summed E-state index contributed by atoms with van der Waals surface area (Å²) in [5.74, 6) is 0.555. The van der Waals surface area contributed by atoms with E-state index in [1.54, 1.807) is 25.4 Å². The van der Waals surface area contributed by atoms with Crippen LogP contribution in [0.2, 0.25) is 0 Å². The molecule has 1 aromatic rings. The summed E-state index contributed by atoms with van der Waals surface area (Å²) in [6, 6.07) is 3.53. The van der Waals surface area contributed by atoms with Gasteiger partial charge in [-0.2, -0.15) is 0 Å². The number of aromatic nitrogens is 1.